The summed E-state index contributed by atoms with van der Waals surface area (Å²) in [6.45, 7) is 3.38. The molecule has 1 heterocycles. The minimum absolute atomic E-state index is 0.222. The van der Waals surface area contributed by atoms with Crippen molar-refractivity contribution in [2.75, 3.05) is 19.0 Å². The molecule has 1 aromatic carbocycles. The normalized spacial score (nSPS) is 10.6. The maximum atomic E-state index is 12.9. The van der Waals surface area contributed by atoms with Crippen molar-refractivity contribution in [2.24, 2.45) is 0 Å². The fourth-order valence-electron chi connectivity index (χ4n) is 1.96. The average molecular weight is 274 g/mol. The minimum atomic E-state index is -0.222. The second kappa shape index (κ2) is 6.43. The van der Waals surface area contributed by atoms with Gasteiger partial charge in [0, 0.05) is 37.6 Å². The molecule has 0 bridgehead atoms. The van der Waals surface area contributed by atoms with Crippen LogP contribution in [0.5, 0.6) is 0 Å². The molecule has 0 spiro atoms. The maximum absolute atomic E-state index is 12.9. The molecule has 0 amide bonds. The molecule has 2 rings (SSSR count). The molecule has 1 aromatic heterocycles. The molecule has 106 valence electrons. The van der Waals surface area contributed by atoms with Gasteiger partial charge in [-0.1, -0.05) is 12.1 Å². The van der Waals surface area contributed by atoms with Gasteiger partial charge >= 0.3 is 0 Å². The first-order valence-corrected chi connectivity index (χ1v) is 6.53. The molecular formula is C15H19FN4. The number of nitrogens with one attached hydrogen (secondary N) is 1. The quantitative estimate of drug-likeness (QED) is 0.908. The summed E-state index contributed by atoms with van der Waals surface area (Å²) in [6, 6.07) is 6.47. The highest BCUT2D eigenvalue weighted by Crippen LogP contribution is 2.13. The lowest BCUT2D eigenvalue weighted by atomic mass is 10.2. The fourth-order valence-corrected chi connectivity index (χ4v) is 1.96. The second-order valence-electron chi connectivity index (χ2n) is 4.79. The van der Waals surface area contributed by atoms with E-state index in [2.05, 4.69) is 15.3 Å². The number of benzene rings is 1. The number of hydrogen-bond donors (Lipinski definition) is 1. The van der Waals surface area contributed by atoms with Crippen molar-refractivity contribution in [1.82, 2.24) is 15.3 Å². The van der Waals surface area contributed by atoms with E-state index < -0.39 is 0 Å². The van der Waals surface area contributed by atoms with Crippen LogP contribution in [0.1, 0.15) is 16.8 Å². The summed E-state index contributed by atoms with van der Waals surface area (Å²) in [5, 5.41) is 3.09. The molecule has 0 aliphatic rings. The summed E-state index contributed by atoms with van der Waals surface area (Å²) in [5.41, 5.74) is 3.08. The molecule has 0 unspecified atom stereocenters. The molecule has 0 aliphatic heterocycles. The van der Waals surface area contributed by atoms with Crippen LogP contribution in [-0.4, -0.2) is 24.1 Å². The Bertz CT molecular complexity index is 569. The van der Waals surface area contributed by atoms with Gasteiger partial charge in [0.05, 0.1) is 0 Å². The summed E-state index contributed by atoms with van der Waals surface area (Å²) in [6.07, 6.45) is 1.84. The number of nitrogens with zero attached hydrogens (tertiary/aromatic N) is 3. The van der Waals surface area contributed by atoms with E-state index in [-0.39, 0.29) is 5.82 Å². The Morgan fingerprint density at radius 1 is 1.25 bits per heavy atom. The molecular weight excluding hydrogens is 255 g/mol. The van der Waals surface area contributed by atoms with Crippen molar-refractivity contribution in [2.45, 2.75) is 20.0 Å². The molecule has 0 fully saturated rings. The number of hydrogen-bond acceptors (Lipinski definition) is 4. The maximum Gasteiger partial charge on any atom is 0.225 e. The van der Waals surface area contributed by atoms with Crippen LogP contribution in [0.2, 0.25) is 0 Å². The lowest BCUT2D eigenvalue weighted by Crippen LogP contribution is -2.20. The van der Waals surface area contributed by atoms with Crippen molar-refractivity contribution in [3.05, 3.63) is 53.1 Å². The molecule has 1 N–H and O–H groups in total. The zero-order valence-electron chi connectivity index (χ0n) is 12.0. The van der Waals surface area contributed by atoms with Gasteiger partial charge in [0.1, 0.15) is 5.82 Å². The van der Waals surface area contributed by atoms with Crippen molar-refractivity contribution >= 4 is 5.95 Å². The van der Waals surface area contributed by atoms with E-state index in [4.69, 9.17) is 0 Å². The van der Waals surface area contributed by atoms with E-state index >= 15 is 0 Å². The topological polar surface area (TPSA) is 41.1 Å². The SMILES string of the molecule is CNCc1cnc(N(C)Cc2ccc(F)cc2)nc1C. The van der Waals surface area contributed by atoms with Gasteiger partial charge in [0.25, 0.3) is 0 Å². The molecule has 0 saturated carbocycles. The predicted molar refractivity (Wildman–Crippen MR) is 78.0 cm³/mol. The van der Waals surface area contributed by atoms with Crippen molar-refractivity contribution in [1.29, 1.82) is 0 Å². The Kier molecular flexibility index (Phi) is 4.63. The minimum Gasteiger partial charge on any atom is -0.340 e. The Morgan fingerprint density at radius 3 is 2.55 bits per heavy atom. The molecule has 0 aliphatic carbocycles. The molecule has 2 aromatic rings. The standard InChI is InChI=1S/C15H19FN4/c1-11-13(8-17-2)9-18-15(19-11)20(3)10-12-4-6-14(16)7-5-12/h4-7,9,17H,8,10H2,1-3H3. The summed E-state index contributed by atoms with van der Waals surface area (Å²) >= 11 is 0. The van der Waals surface area contributed by atoms with Crippen molar-refractivity contribution in [3.63, 3.8) is 0 Å². The zero-order chi connectivity index (χ0) is 14.5. The highest BCUT2D eigenvalue weighted by Gasteiger charge is 2.08. The number of aromatic nitrogens is 2. The third-order valence-electron chi connectivity index (χ3n) is 3.11. The van der Waals surface area contributed by atoms with Crippen LogP contribution in [0, 0.1) is 12.7 Å². The van der Waals surface area contributed by atoms with Crippen LogP contribution in [0.25, 0.3) is 0 Å². The van der Waals surface area contributed by atoms with Gasteiger partial charge in [-0.3, -0.25) is 0 Å². The summed E-state index contributed by atoms with van der Waals surface area (Å²) < 4.78 is 12.9. The molecule has 0 radical (unpaired) electrons. The Morgan fingerprint density at radius 2 is 1.95 bits per heavy atom. The Hall–Kier alpha value is -2.01. The fraction of sp³-hybridized carbons (Fsp3) is 0.333. The number of aryl methyl sites for hydroxylation is 1. The molecule has 20 heavy (non-hydrogen) atoms. The van der Waals surface area contributed by atoms with Crippen LogP contribution in [0.15, 0.2) is 30.5 Å². The average Bonchev–Trinajstić information content (AvgIpc) is 2.44. The van der Waals surface area contributed by atoms with Gasteiger partial charge in [0.15, 0.2) is 0 Å². The first-order chi connectivity index (χ1) is 9.60. The van der Waals surface area contributed by atoms with E-state index in [1.807, 2.05) is 32.1 Å². The smallest absolute Gasteiger partial charge is 0.225 e. The highest BCUT2D eigenvalue weighted by atomic mass is 19.1. The zero-order valence-corrected chi connectivity index (χ0v) is 12.0. The number of anilines is 1. The van der Waals surface area contributed by atoms with E-state index in [9.17, 15) is 4.39 Å². The van der Waals surface area contributed by atoms with Crippen LogP contribution in [-0.2, 0) is 13.1 Å². The molecule has 0 atom stereocenters. The lowest BCUT2D eigenvalue weighted by molar-refractivity contribution is 0.627. The first-order valence-electron chi connectivity index (χ1n) is 6.53. The molecule has 5 heteroatoms. The van der Waals surface area contributed by atoms with Gasteiger partial charge in [-0.25, -0.2) is 14.4 Å². The first kappa shape index (κ1) is 14.4. The highest BCUT2D eigenvalue weighted by molar-refractivity contribution is 5.33. The summed E-state index contributed by atoms with van der Waals surface area (Å²) in [4.78, 5) is 10.8. The molecule has 4 nitrogen and oxygen atoms in total. The van der Waals surface area contributed by atoms with E-state index in [0.717, 1.165) is 23.4 Å². The monoisotopic (exact) mass is 274 g/mol. The predicted octanol–water partition coefficient (Wildman–Crippen LogP) is 2.28. The number of rotatable bonds is 5. The third kappa shape index (κ3) is 3.51. The largest absolute Gasteiger partial charge is 0.340 e. The van der Waals surface area contributed by atoms with Gasteiger partial charge in [-0.15, -0.1) is 0 Å². The van der Waals surface area contributed by atoms with Gasteiger partial charge in [0.2, 0.25) is 5.95 Å². The van der Waals surface area contributed by atoms with Crippen LogP contribution in [0.3, 0.4) is 0 Å². The van der Waals surface area contributed by atoms with E-state index in [0.29, 0.717) is 12.5 Å². The summed E-state index contributed by atoms with van der Waals surface area (Å²) in [7, 11) is 3.82. The van der Waals surface area contributed by atoms with E-state index in [1.165, 1.54) is 12.1 Å². The number of halogens is 1. The molecule has 0 saturated heterocycles. The lowest BCUT2D eigenvalue weighted by Gasteiger charge is -2.18. The third-order valence-corrected chi connectivity index (χ3v) is 3.11. The second-order valence-corrected chi connectivity index (χ2v) is 4.79. The van der Waals surface area contributed by atoms with Crippen LogP contribution < -0.4 is 10.2 Å². The van der Waals surface area contributed by atoms with Gasteiger partial charge in [-0.05, 0) is 31.7 Å². The van der Waals surface area contributed by atoms with Gasteiger partial charge < -0.3 is 10.2 Å². The van der Waals surface area contributed by atoms with Gasteiger partial charge in [-0.2, -0.15) is 0 Å². The van der Waals surface area contributed by atoms with Crippen molar-refractivity contribution in [3.8, 4) is 0 Å². The Balaban J connectivity index is 2.10. The van der Waals surface area contributed by atoms with Crippen molar-refractivity contribution < 1.29 is 4.39 Å². The summed E-state index contributed by atoms with van der Waals surface area (Å²) in [5.74, 6) is 0.451. The van der Waals surface area contributed by atoms with Crippen LogP contribution in [0.4, 0.5) is 10.3 Å². The Labute approximate surface area is 118 Å². The van der Waals surface area contributed by atoms with Crippen LogP contribution >= 0.6 is 0 Å². The van der Waals surface area contributed by atoms with E-state index in [1.54, 1.807) is 12.1 Å².